The second-order valence-corrected chi connectivity index (χ2v) is 3.20. The van der Waals surface area contributed by atoms with Crippen molar-refractivity contribution < 1.29 is 20.3 Å². The van der Waals surface area contributed by atoms with Crippen molar-refractivity contribution in [2.45, 2.75) is 6.10 Å². The van der Waals surface area contributed by atoms with Crippen molar-refractivity contribution in [3.63, 3.8) is 0 Å². The monoisotopic (exact) mass is 210 g/mol. The van der Waals surface area contributed by atoms with Gasteiger partial charge < -0.3 is 20.5 Å². The Morgan fingerprint density at radius 3 is 2.73 bits per heavy atom. The molecule has 1 atom stereocenters. The van der Waals surface area contributed by atoms with E-state index in [1.165, 1.54) is 0 Å². The largest absolute Gasteiger partial charge is 0.488 e. The molecule has 0 heterocycles. The van der Waals surface area contributed by atoms with Crippen molar-refractivity contribution in [2.24, 2.45) is 0 Å². The van der Waals surface area contributed by atoms with Crippen LogP contribution in [0.5, 0.6) is 0 Å². The first kappa shape index (κ1) is 12.0. The van der Waals surface area contributed by atoms with E-state index in [1.54, 1.807) is 24.3 Å². The Morgan fingerprint density at radius 1 is 1.40 bits per heavy atom. The molecule has 0 amide bonds. The molecule has 1 rings (SSSR count). The number of rotatable bonds is 5. The number of nitrogens with one attached hydrogen (secondary N) is 1. The molecule has 0 aliphatic heterocycles. The molecule has 5 nitrogen and oxygen atoms in total. The first-order valence-electron chi connectivity index (χ1n) is 4.59. The van der Waals surface area contributed by atoms with Crippen molar-refractivity contribution in [1.82, 2.24) is 0 Å². The molecule has 81 valence electrons. The quantitative estimate of drug-likeness (QED) is 0.448. The molecule has 0 aliphatic carbocycles. The highest BCUT2D eigenvalue weighted by molar-refractivity contribution is 6.58. The molecular formula is C9H13BNO4. The summed E-state index contributed by atoms with van der Waals surface area (Å²) in [7, 11) is -1.52. The van der Waals surface area contributed by atoms with Gasteiger partial charge in [-0.1, -0.05) is 12.1 Å². The van der Waals surface area contributed by atoms with E-state index in [0.29, 0.717) is 11.2 Å². The summed E-state index contributed by atoms with van der Waals surface area (Å²) in [6.45, 7) is -0.413. The molecule has 0 aromatic heterocycles. The molecule has 1 aromatic carbocycles. The summed E-state index contributed by atoms with van der Waals surface area (Å²) in [4.78, 5) is 0. The lowest BCUT2D eigenvalue weighted by atomic mass is 9.80. The van der Waals surface area contributed by atoms with Gasteiger partial charge in [0.1, 0.15) is 6.61 Å². The van der Waals surface area contributed by atoms with Gasteiger partial charge >= 0.3 is 7.12 Å². The van der Waals surface area contributed by atoms with Gasteiger partial charge in [0.2, 0.25) is 0 Å². The Balaban J connectivity index is 2.58. The first-order chi connectivity index (χ1) is 7.13. The minimum atomic E-state index is -1.52. The number of benzene rings is 1. The van der Waals surface area contributed by atoms with E-state index in [4.69, 9.17) is 15.2 Å². The predicted molar refractivity (Wildman–Crippen MR) is 56.3 cm³/mol. The Morgan fingerprint density at radius 2 is 2.13 bits per heavy atom. The summed E-state index contributed by atoms with van der Waals surface area (Å²) in [5.74, 6) is 0. The molecule has 1 unspecified atom stereocenters. The number of hydrogen-bond donors (Lipinski definition) is 4. The van der Waals surface area contributed by atoms with Gasteiger partial charge in [0, 0.05) is 12.2 Å². The maximum atomic E-state index is 10.3. The second-order valence-electron chi connectivity index (χ2n) is 3.20. The maximum absolute atomic E-state index is 10.3. The van der Waals surface area contributed by atoms with E-state index in [2.05, 4.69) is 5.32 Å². The van der Waals surface area contributed by atoms with Crippen molar-refractivity contribution in [2.75, 3.05) is 18.5 Å². The van der Waals surface area contributed by atoms with Gasteiger partial charge in [0.25, 0.3) is 0 Å². The van der Waals surface area contributed by atoms with Gasteiger partial charge in [-0.2, -0.15) is 0 Å². The van der Waals surface area contributed by atoms with Gasteiger partial charge in [-0.3, -0.25) is 0 Å². The van der Waals surface area contributed by atoms with E-state index in [-0.39, 0.29) is 6.54 Å². The minimum absolute atomic E-state index is 0.147. The Hall–Kier alpha value is -1.08. The van der Waals surface area contributed by atoms with E-state index in [9.17, 15) is 5.11 Å². The van der Waals surface area contributed by atoms with Crippen molar-refractivity contribution in [3.05, 3.63) is 24.3 Å². The molecule has 0 aliphatic rings. The SMILES string of the molecule is [O]CC(O)CNc1cccc(B(O)O)c1. The maximum Gasteiger partial charge on any atom is 0.488 e. The standard InChI is InChI=1S/C9H13BNO4/c12-6-9(13)5-11-8-3-1-2-7(4-8)10(14)15/h1-4,9,11,13-15H,5-6H2. The van der Waals surface area contributed by atoms with Gasteiger partial charge in [0.05, 0.1) is 6.10 Å². The van der Waals surface area contributed by atoms with Crippen molar-refractivity contribution in [1.29, 1.82) is 0 Å². The normalized spacial score (nSPS) is 12.3. The Kier molecular flexibility index (Phi) is 4.58. The third-order valence-electron chi connectivity index (χ3n) is 1.92. The lowest BCUT2D eigenvalue weighted by molar-refractivity contribution is 0.0635. The topological polar surface area (TPSA) is 92.6 Å². The molecule has 15 heavy (non-hydrogen) atoms. The Bertz CT molecular complexity index is 308. The fraction of sp³-hybridized carbons (Fsp3) is 0.333. The molecule has 0 saturated heterocycles. The average Bonchev–Trinajstić information content (AvgIpc) is 2.26. The molecule has 0 spiro atoms. The van der Waals surface area contributed by atoms with Gasteiger partial charge in [0.15, 0.2) is 0 Å². The van der Waals surface area contributed by atoms with E-state index < -0.39 is 19.8 Å². The van der Waals surface area contributed by atoms with Crippen molar-refractivity contribution >= 4 is 18.3 Å². The summed E-state index contributed by atoms with van der Waals surface area (Å²) in [5, 5.41) is 39.9. The molecule has 6 heteroatoms. The van der Waals surface area contributed by atoms with E-state index in [1.807, 2.05) is 0 Å². The summed E-state index contributed by atoms with van der Waals surface area (Å²) >= 11 is 0. The van der Waals surface area contributed by atoms with Crippen LogP contribution in [0.2, 0.25) is 0 Å². The van der Waals surface area contributed by atoms with Crippen LogP contribution in [-0.4, -0.2) is 41.5 Å². The fourth-order valence-corrected chi connectivity index (χ4v) is 1.10. The van der Waals surface area contributed by atoms with Crippen LogP contribution in [0.3, 0.4) is 0 Å². The van der Waals surface area contributed by atoms with Crippen LogP contribution in [-0.2, 0) is 5.11 Å². The second kappa shape index (κ2) is 5.72. The van der Waals surface area contributed by atoms with Crippen LogP contribution in [0, 0.1) is 0 Å². The lowest BCUT2D eigenvalue weighted by Gasteiger charge is -2.10. The predicted octanol–water partition coefficient (Wildman–Crippen LogP) is -1.43. The fourth-order valence-electron chi connectivity index (χ4n) is 1.10. The summed E-state index contributed by atoms with van der Waals surface area (Å²) in [6.07, 6.45) is -0.937. The molecular weight excluding hydrogens is 197 g/mol. The van der Waals surface area contributed by atoms with Crippen LogP contribution in [0.4, 0.5) is 5.69 Å². The number of hydrogen-bond acceptors (Lipinski definition) is 4. The van der Waals surface area contributed by atoms with Crippen LogP contribution < -0.4 is 10.8 Å². The zero-order chi connectivity index (χ0) is 11.3. The van der Waals surface area contributed by atoms with E-state index >= 15 is 0 Å². The minimum Gasteiger partial charge on any atom is -0.423 e. The highest BCUT2D eigenvalue weighted by atomic mass is 16.4. The Labute approximate surface area is 88.1 Å². The molecule has 1 aromatic rings. The van der Waals surface area contributed by atoms with Crippen LogP contribution in [0.1, 0.15) is 0 Å². The van der Waals surface area contributed by atoms with Crippen LogP contribution in [0.25, 0.3) is 0 Å². The highest BCUT2D eigenvalue weighted by Crippen LogP contribution is 2.03. The lowest BCUT2D eigenvalue weighted by Crippen LogP contribution is -2.30. The zero-order valence-electron chi connectivity index (χ0n) is 8.13. The summed E-state index contributed by atoms with van der Waals surface area (Å²) in [6, 6.07) is 6.48. The van der Waals surface area contributed by atoms with Gasteiger partial charge in [-0.25, -0.2) is 5.11 Å². The van der Waals surface area contributed by atoms with Gasteiger partial charge in [-0.05, 0) is 17.6 Å². The smallest absolute Gasteiger partial charge is 0.423 e. The number of aliphatic hydroxyl groups excluding tert-OH is 1. The van der Waals surface area contributed by atoms with Crippen LogP contribution >= 0.6 is 0 Å². The molecule has 4 N–H and O–H groups in total. The number of anilines is 1. The third kappa shape index (κ3) is 3.89. The van der Waals surface area contributed by atoms with E-state index in [0.717, 1.165) is 0 Å². The third-order valence-corrected chi connectivity index (χ3v) is 1.92. The first-order valence-corrected chi connectivity index (χ1v) is 4.59. The molecule has 0 saturated carbocycles. The van der Waals surface area contributed by atoms with Crippen LogP contribution in [0.15, 0.2) is 24.3 Å². The van der Waals surface area contributed by atoms with Gasteiger partial charge in [-0.15, -0.1) is 0 Å². The average molecular weight is 210 g/mol. The summed E-state index contributed by atoms with van der Waals surface area (Å²) in [5.41, 5.74) is 0.990. The highest BCUT2D eigenvalue weighted by Gasteiger charge is 2.10. The molecule has 0 bridgehead atoms. The molecule has 1 radical (unpaired) electrons. The van der Waals surface area contributed by atoms with Crippen molar-refractivity contribution in [3.8, 4) is 0 Å². The summed E-state index contributed by atoms with van der Waals surface area (Å²) < 4.78 is 0. The zero-order valence-corrected chi connectivity index (χ0v) is 8.13. The molecule has 0 fully saturated rings. The number of aliphatic hydroxyl groups is 1.